The molecule has 3 aromatic carbocycles. The van der Waals surface area contributed by atoms with E-state index in [4.69, 9.17) is 27.9 Å². The Labute approximate surface area is 213 Å². The molecule has 0 saturated heterocycles. The van der Waals surface area contributed by atoms with Crippen molar-refractivity contribution in [2.24, 2.45) is 0 Å². The first-order chi connectivity index (χ1) is 16.6. The largest absolute Gasteiger partial charge is 0.505 e. The average molecular weight is 511 g/mol. The van der Waals surface area contributed by atoms with E-state index in [0.29, 0.717) is 18.0 Å². The summed E-state index contributed by atoms with van der Waals surface area (Å²) in [7, 11) is 0. The molecular formula is C26H24Cl2N4O3. The summed E-state index contributed by atoms with van der Waals surface area (Å²) in [4.78, 5) is 16.5. The number of carbonyl (C=O) groups excluding carboxylic acids is 1. The molecule has 0 unspecified atom stereocenters. The van der Waals surface area contributed by atoms with Crippen molar-refractivity contribution in [2.75, 3.05) is 0 Å². The zero-order chi connectivity index (χ0) is 25.2. The molecule has 7 nitrogen and oxygen atoms in total. The number of nitrogens with zero attached hydrogens (tertiary/aromatic N) is 3. The molecule has 4 aromatic rings. The fourth-order valence-electron chi connectivity index (χ4n) is 3.27. The summed E-state index contributed by atoms with van der Waals surface area (Å²) in [5.74, 6) is 0.806. The second kappa shape index (κ2) is 9.98. The molecule has 1 aromatic heterocycles. The Bertz CT molecular complexity index is 1320. The van der Waals surface area contributed by atoms with Crippen molar-refractivity contribution in [1.82, 2.24) is 20.1 Å². The van der Waals surface area contributed by atoms with Crippen LogP contribution < -0.4 is 10.1 Å². The quantitative estimate of drug-likeness (QED) is 0.317. The topological polar surface area (TPSA) is 89.3 Å². The molecular weight excluding hydrogens is 487 g/mol. The van der Waals surface area contributed by atoms with E-state index in [2.05, 4.69) is 48.3 Å². The second-order valence-corrected chi connectivity index (χ2v) is 9.79. The standard InChI is InChI=1S/C26H24Cl2N4O3/c1-26(2,3)17-6-10-20(11-7-17)35-19-8-4-16(5-9-19)14-29-25(34)24-30-15-32(31-24)18-12-21(27)23(33)22(28)13-18/h4-13,15,33H,14H2,1-3H3,(H,29,34). The summed E-state index contributed by atoms with van der Waals surface area (Å²) in [6.07, 6.45) is 1.37. The zero-order valence-electron chi connectivity index (χ0n) is 19.4. The van der Waals surface area contributed by atoms with Crippen molar-refractivity contribution in [3.8, 4) is 22.9 Å². The number of phenolic OH excluding ortho intramolecular Hbond substituents is 1. The number of amides is 1. The molecule has 180 valence electrons. The van der Waals surface area contributed by atoms with Gasteiger partial charge in [0, 0.05) is 6.54 Å². The van der Waals surface area contributed by atoms with Gasteiger partial charge in [-0.1, -0.05) is 68.2 Å². The minimum absolute atomic E-state index is 0.0102. The van der Waals surface area contributed by atoms with Crippen molar-refractivity contribution in [3.63, 3.8) is 0 Å². The van der Waals surface area contributed by atoms with Gasteiger partial charge in [-0.05, 0) is 52.9 Å². The Balaban J connectivity index is 1.34. The van der Waals surface area contributed by atoms with Gasteiger partial charge in [-0.25, -0.2) is 9.67 Å². The van der Waals surface area contributed by atoms with Crippen molar-refractivity contribution in [3.05, 3.63) is 94.0 Å². The summed E-state index contributed by atoms with van der Waals surface area (Å²) in [5.41, 5.74) is 2.69. The molecule has 0 atom stereocenters. The van der Waals surface area contributed by atoms with Crippen LogP contribution in [0.1, 0.15) is 42.5 Å². The average Bonchev–Trinajstić information content (AvgIpc) is 3.32. The summed E-state index contributed by atoms with van der Waals surface area (Å²) in [6, 6.07) is 18.5. The summed E-state index contributed by atoms with van der Waals surface area (Å²) in [5, 5.41) is 16.8. The van der Waals surface area contributed by atoms with Gasteiger partial charge in [0.1, 0.15) is 17.8 Å². The molecule has 4 rings (SSSR count). The van der Waals surface area contributed by atoms with E-state index in [0.717, 1.165) is 11.3 Å². The third-order valence-corrected chi connectivity index (χ3v) is 5.87. The van der Waals surface area contributed by atoms with Gasteiger partial charge < -0.3 is 15.2 Å². The van der Waals surface area contributed by atoms with Crippen LogP contribution in [0, 0.1) is 0 Å². The molecule has 1 amide bonds. The van der Waals surface area contributed by atoms with Crippen LogP contribution in [0.15, 0.2) is 67.0 Å². The van der Waals surface area contributed by atoms with Crippen molar-refractivity contribution >= 4 is 29.1 Å². The molecule has 0 aliphatic rings. The van der Waals surface area contributed by atoms with Crippen molar-refractivity contribution < 1.29 is 14.6 Å². The Morgan fingerprint density at radius 1 is 1.00 bits per heavy atom. The van der Waals surface area contributed by atoms with Gasteiger partial charge in [0.15, 0.2) is 5.75 Å². The Hall–Kier alpha value is -3.55. The molecule has 0 aliphatic carbocycles. The highest BCUT2D eigenvalue weighted by molar-refractivity contribution is 6.37. The summed E-state index contributed by atoms with van der Waals surface area (Å²) in [6.45, 7) is 6.81. The number of ether oxygens (including phenoxy) is 1. The van der Waals surface area contributed by atoms with Crippen molar-refractivity contribution in [1.29, 1.82) is 0 Å². The van der Waals surface area contributed by atoms with Gasteiger partial charge in [-0.15, -0.1) is 5.10 Å². The molecule has 0 fully saturated rings. The number of rotatable bonds is 6. The van der Waals surface area contributed by atoms with Gasteiger partial charge >= 0.3 is 0 Å². The number of hydrogen-bond acceptors (Lipinski definition) is 5. The molecule has 0 saturated carbocycles. The number of aromatic hydroxyl groups is 1. The van der Waals surface area contributed by atoms with Gasteiger partial charge in [0.2, 0.25) is 5.82 Å². The first kappa shape index (κ1) is 24.6. The molecule has 0 spiro atoms. The van der Waals surface area contributed by atoms with E-state index < -0.39 is 5.91 Å². The minimum Gasteiger partial charge on any atom is -0.505 e. The van der Waals surface area contributed by atoms with E-state index in [1.807, 2.05) is 36.4 Å². The lowest BCUT2D eigenvalue weighted by atomic mass is 9.87. The lowest BCUT2D eigenvalue weighted by Gasteiger charge is -2.19. The minimum atomic E-state index is -0.431. The Morgan fingerprint density at radius 3 is 2.14 bits per heavy atom. The maximum absolute atomic E-state index is 12.5. The maximum Gasteiger partial charge on any atom is 0.291 e. The number of halogens is 2. The lowest BCUT2D eigenvalue weighted by Crippen LogP contribution is -2.24. The number of hydrogen-bond donors (Lipinski definition) is 2. The smallest absolute Gasteiger partial charge is 0.291 e. The number of aromatic nitrogens is 3. The summed E-state index contributed by atoms with van der Waals surface area (Å²) >= 11 is 11.9. The Kier molecular flexibility index (Phi) is 7.00. The lowest BCUT2D eigenvalue weighted by molar-refractivity contribution is 0.0940. The normalized spacial score (nSPS) is 11.3. The van der Waals surface area contributed by atoms with E-state index in [-0.39, 0.29) is 27.0 Å². The second-order valence-electron chi connectivity index (χ2n) is 8.97. The first-order valence-electron chi connectivity index (χ1n) is 10.9. The predicted octanol–water partition coefficient (Wildman–Crippen LogP) is 6.30. The van der Waals surface area contributed by atoms with Gasteiger partial charge in [-0.2, -0.15) is 0 Å². The highest BCUT2D eigenvalue weighted by atomic mass is 35.5. The molecule has 2 N–H and O–H groups in total. The molecule has 9 heteroatoms. The molecule has 0 bridgehead atoms. The first-order valence-corrected chi connectivity index (χ1v) is 11.6. The fourth-order valence-corrected chi connectivity index (χ4v) is 3.75. The number of carbonyl (C=O) groups is 1. The van der Waals surface area contributed by atoms with Crippen LogP contribution in [-0.4, -0.2) is 25.8 Å². The molecule has 35 heavy (non-hydrogen) atoms. The SMILES string of the molecule is CC(C)(C)c1ccc(Oc2ccc(CNC(=O)c3ncn(-c4cc(Cl)c(O)c(Cl)c4)n3)cc2)cc1. The number of nitrogens with one attached hydrogen (secondary N) is 1. The fraction of sp³-hybridized carbons (Fsp3) is 0.192. The molecule has 1 heterocycles. The van der Waals surface area contributed by atoms with Crippen LogP contribution in [0.2, 0.25) is 10.0 Å². The van der Waals surface area contributed by atoms with Crippen LogP contribution >= 0.6 is 23.2 Å². The maximum atomic E-state index is 12.5. The van der Waals surface area contributed by atoms with E-state index in [9.17, 15) is 9.90 Å². The van der Waals surface area contributed by atoms with Gasteiger partial charge in [-0.3, -0.25) is 4.79 Å². The van der Waals surface area contributed by atoms with E-state index in [1.54, 1.807) is 0 Å². The van der Waals surface area contributed by atoms with Crippen LogP contribution in [-0.2, 0) is 12.0 Å². The summed E-state index contributed by atoms with van der Waals surface area (Å²) < 4.78 is 7.27. The highest BCUT2D eigenvalue weighted by Gasteiger charge is 2.15. The van der Waals surface area contributed by atoms with E-state index in [1.165, 1.54) is 28.7 Å². The number of phenols is 1. The zero-order valence-corrected chi connectivity index (χ0v) is 20.9. The highest BCUT2D eigenvalue weighted by Crippen LogP contribution is 2.33. The van der Waals surface area contributed by atoms with Crippen LogP contribution in [0.25, 0.3) is 5.69 Å². The third kappa shape index (κ3) is 5.93. The predicted molar refractivity (Wildman–Crippen MR) is 136 cm³/mol. The monoisotopic (exact) mass is 510 g/mol. The van der Waals surface area contributed by atoms with Crippen molar-refractivity contribution in [2.45, 2.75) is 32.7 Å². The molecule has 0 radical (unpaired) electrons. The van der Waals surface area contributed by atoms with Crippen LogP contribution in [0.5, 0.6) is 17.2 Å². The van der Waals surface area contributed by atoms with Crippen LogP contribution in [0.3, 0.4) is 0 Å². The number of benzene rings is 3. The Morgan fingerprint density at radius 2 is 1.57 bits per heavy atom. The van der Waals surface area contributed by atoms with Gasteiger partial charge in [0.25, 0.3) is 5.91 Å². The third-order valence-electron chi connectivity index (χ3n) is 5.29. The van der Waals surface area contributed by atoms with Crippen LogP contribution in [0.4, 0.5) is 0 Å². The van der Waals surface area contributed by atoms with Gasteiger partial charge in [0.05, 0.1) is 15.7 Å². The van der Waals surface area contributed by atoms with E-state index >= 15 is 0 Å². The molecule has 0 aliphatic heterocycles.